The third-order valence-corrected chi connectivity index (χ3v) is 4.10. The van der Waals surface area contributed by atoms with Gasteiger partial charge in [0.25, 0.3) is 5.91 Å². The minimum atomic E-state index is 0.0413. The molecule has 1 amide bonds. The van der Waals surface area contributed by atoms with Gasteiger partial charge in [-0.3, -0.25) is 14.2 Å². The summed E-state index contributed by atoms with van der Waals surface area (Å²) in [5.41, 5.74) is 3.23. The van der Waals surface area contributed by atoms with Crippen LogP contribution in [0.2, 0.25) is 0 Å². The molecule has 24 heavy (non-hydrogen) atoms. The van der Waals surface area contributed by atoms with Crippen molar-refractivity contribution in [3.05, 3.63) is 54.6 Å². The van der Waals surface area contributed by atoms with Crippen molar-refractivity contribution >= 4 is 11.6 Å². The van der Waals surface area contributed by atoms with E-state index in [4.69, 9.17) is 0 Å². The van der Waals surface area contributed by atoms with Crippen LogP contribution in [0.15, 0.2) is 49.1 Å². The molecule has 0 saturated carbocycles. The van der Waals surface area contributed by atoms with Crippen molar-refractivity contribution in [1.29, 1.82) is 0 Å². The maximum atomic E-state index is 13.2. The van der Waals surface area contributed by atoms with E-state index in [2.05, 4.69) is 9.97 Å². The molecule has 2 aromatic heterocycles. The monoisotopic (exact) mass is 322 g/mol. The molecule has 0 fully saturated rings. The van der Waals surface area contributed by atoms with Crippen LogP contribution in [-0.4, -0.2) is 37.3 Å². The van der Waals surface area contributed by atoms with Crippen LogP contribution in [0, 0.1) is 0 Å². The van der Waals surface area contributed by atoms with Crippen molar-refractivity contribution in [1.82, 2.24) is 19.3 Å². The molecular weight excluding hydrogens is 300 g/mol. The molecule has 0 aliphatic carbocycles. The van der Waals surface area contributed by atoms with Crippen LogP contribution in [0.25, 0.3) is 16.9 Å². The quantitative estimate of drug-likeness (QED) is 0.736. The standard InChI is InChI=1S/C19H22N4O/c1-13(2)23(14(3)4)19(24)16-8-6-5-7-15(16)17-11-21-18-12-20-9-10-22(17)18/h5-14H,1-4H3. The number of fused-ring (bicyclic) bond motifs is 1. The SMILES string of the molecule is CC(C)N(C(=O)c1ccccc1-c1cnc2cnccn12)C(C)C. The van der Waals surface area contributed by atoms with Crippen LogP contribution >= 0.6 is 0 Å². The normalized spacial score (nSPS) is 11.4. The lowest BCUT2D eigenvalue weighted by molar-refractivity contribution is 0.0644. The fourth-order valence-electron chi connectivity index (χ4n) is 3.14. The molecule has 2 heterocycles. The Bertz CT molecular complexity index is 858. The Labute approximate surface area is 142 Å². The van der Waals surface area contributed by atoms with Crippen molar-refractivity contribution < 1.29 is 4.79 Å². The molecule has 1 aromatic carbocycles. The summed E-state index contributed by atoms with van der Waals surface area (Å²) in [7, 11) is 0. The lowest BCUT2D eigenvalue weighted by Crippen LogP contribution is -2.42. The molecule has 3 rings (SSSR count). The van der Waals surface area contributed by atoms with E-state index in [0.717, 1.165) is 16.9 Å². The van der Waals surface area contributed by atoms with E-state index < -0.39 is 0 Å². The smallest absolute Gasteiger partial charge is 0.255 e. The van der Waals surface area contributed by atoms with Crippen molar-refractivity contribution in [3.63, 3.8) is 0 Å². The Morgan fingerprint density at radius 3 is 2.50 bits per heavy atom. The lowest BCUT2D eigenvalue weighted by atomic mass is 10.0. The van der Waals surface area contributed by atoms with Crippen molar-refractivity contribution in [2.24, 2.45) is 0 Å². The summed E-state index contributed by atoms with van der Waals surface area (Å²) < 4.78 is 1.95. The third-order valence-electron chi connectivity index (χ3n) is 4.10. The van der Waals surface area contributed by atoms with Crippen molar-refractivity contribution in [2.75, 3.05) is 0 Å². The average molecular weight is 322 g/mol. The molecule has 0 bridgehead atoms. The highest BCUT2D eigenvalue weighted by Crippen LogP contribution is 2.26. The molecule has 124 valence electrons. The highest BCUT2D eigenvalue weighted by molar-refractivity contribution is 6.01. The number of benzene rings is 1. The van der Waals surface area contributed by atoms with Gasteiger partial charge in [0, 0.05) is 35.6 Å². The number of amides is 1. The Kier molecular flexibility index (Phi) is 4.34. The second-order valence-corrected chi connectivity index (χ2v) is 6.39. The van der Waals surface area contributed by atoms with Gasteiger partial charge in [0.15, 0.2) is 5.65 Å². The topological polar surface area (TPSA) is 50.5 Å². The summed E-state index contributed by atoms with van der Waals surface area (Å²) in [6, 6.07) is 7.97. The second-order valence-electron chi connectivity index (χ2n) is 6.39. The summed E-state index contributed by atoms with van der Waals surface area (Å²) in [6.07, 6.45) is 7.08. The number of rotatable bonds is 4. The Hall–Kier alpha value is -2.69. The van der Waals surface area contributed by atoms with Crippen molar-refractivity contribution in [2.45, 2.75) is 39.8 Å². The third kappa shape index (κ3) is 2.77. The van der Waals surface area contributed by atoms with E-state index in [1.54, 1.807) is 18.6 Å². The number of hydrogen-bond acceptors (Lipinski definition) is 3. The predicted octanol–water partition coefficient (Wildman–Crippen LogP) is 3.66. The van der Waals surface area contributed by atoms with E-state index in [1.807, 2.05) is 67.5 Å². The van der Waals surface area contributed by atoms with Crippen LogP contribution < -0.4 is 0 Å². The zero-order valence-electron chi connectivity index (χ0n) is 14.5. The van der Waals surface area contributed by atoms with Crippen LogP contribution in [0.4, 0.5) is 0 Å². The molecule has 5 heteroatoms. The van der Waals surface area contributed by atoms with Gasteiger partial charge in [-0.2, -0.15) is 0 Å². The maximum absolute atomic E-state index is 13.2. The van der Waals surface area contributed by atoms with Gasteiger partial charge in [-0.05, 0) is 33.8 Å². The van der Waals surface area contributed by atoms with Crippen LogP contribution in [0.3, 0.4) is 0 Å². The fraction of sp³-hybridized carbons (Fsp3) is 0.316. The van der Waals surface area contributed by atoms with Gasteiger partial charge >= 0.3 is 0 Å². The number of hydrogen-bond donors (Lipinski definition) is 0. The molecule has 3 aromatic rings. The average Bonchev–Trinajstić information content (AvgIpc) is 2.98. The van der Waals surface area contributed by atoms with Gasteiger partial charge < -0.3 is 4.90 Å². The molecule has 0 aliphatic heterocycles. The molecule has 0 atom stereocenters. The predicted molar refractivity (Wildman–Crippen MR) is 94.9 cm³/mol. The number of nitrogens with zero attached hydrogens (tertiary/aromatic N) is 4. The first-order valence-corrected chi connectivity index (χ1v) is 8.20. The van der Waals surface area contributed by atoms with Gasteiger partial charge in [0.1, 0.15) is 0 Å². The van der Waals surface area contributed by atoms with Gasteiger partial charge in [-0.25, -0.2) is 4.98 Å². The molecule has 0 saturated heterocycles. The molecular formula is C19H22N4O. The lowest BCUT2D eigenvalue weighted by Gasteiger charge is -2.31. The minimum absolute atomic E-state index is 0.0413. The number of aromatic nitrogens is 3. The van der Waals surface area contributed by atoms with E-state index in [1.165, 1.54) is 0 Å². The summed E-state index contributed by atoms with van der Waals surface area (Å²) in [5, 5.41) is 0. The summed E-state index contributed by atoms with van der Waals surface area (Å²) in [6.45, 7) is 8.17. The summed E-state index contributed by atoms with van der Waals surface area (Å²) in [5.74, 6) is 0.0413. The molecule has 0 aliphatic rings. The fourth-order valence-corrected chi connectivity index (χ4v) is 3.14. The molecule has 5 nitrogen and oxygen atoms in total. The van der Waals surface area contributed by atoms with E-state index in [-0.39, 0.29) is 18.0 Å². The molecule has 0 N–H and O–H groups in total. The van der Waals surface area contributed by atoms with Crippen molar-refractivity contribution in [3.8, 4) is 11.3 Å². The zero-order valence-corrected chi connectivity index (χ0v) is 14.5. The number of carbonyl (C=O) groups excluding carboxylic acids is 1. The zero-order chi connectivity index (χ0) is 17.3. The molecule has 0 spiro atoms. The number of imidazole rings is 1. The number of carbonyl (C=O) groups is 1. The van der Waals surface area contributed by atoms with E-state index >= 15 is 0 Å². The summed E-state index contributed by atoms with van der Waals surface area (Å²) in [4.78, 5) is 23.5. The second kappa shape index (κ2) is 6.43. The van der Waals surface area contributed by atoms with Gasteiger partial charge in [-0.15, -0.1) is 0 Å². The van der Waals surface area contributed by atoms with Gasteiger partial charge in [0.2, 0.25) is 0 Å². The van der Waals surface area contributed by atoms with Crippen LogP contribution in [-0.2, 0) is 0 Å². The Balaban J connectivity index is 2.14. The Morgan fingerprint density at radius 2 is 1.79 bits per heavy atom. The maximum Gasteiger partial charge on any atom is 0.255 e. The van der Waals surface area contributed by atoms with Crippen LogP contribution in [0.1, 0.15) is 38.1 Å². The minimum Gasteiger partial charge on any atom is -0.334 e. The highest BCUT2D eigenvalue weighted by atomic mass is 16.2. The largest absolute Gasteiger partial charge is 0.334 e. The molecule has 0 radical (unpaired) electrons. The first kappa shape index (κ1) is 16.2. The van der Waals surface area contributed by atoms with E-state index in [0.29, 0.717) is 5.56 Å². The summed E-state index contributed by atoms with van der Waals surface area (Å²) >= 11 is 0. The first-order valence-electron chi connectivity index (χ1n) is 8.20. The van der Waals surface area contributed by atoms with Gasteiger partial charge in [0.05, 0.1) is 18.1 Å². The van der Waals surface area contributed by atoms with Crippen LogP contribution in [0.5, 0.6) is 0 Å². The Morgan fingerprint density at radius 1 is 1.08 bits per heavy atom. The highest BCUT2D eigenvalue weighted by Gasteiger charge is 2.24. The van der Waals surface area contributed by atoms with Gasteiger partial charge in [-0.1, -0.05) is 18.2 Å². The van der Waals surface area contributed by atoms with E-state index in [9.17, 15) is 4.79 Å². The molecule has 0 unspecified atom stereocenters. The first-order chi connectivity index (χ1) is 11.5.